The van der Waals surface area contributed by atoms with Crippen molar-refractivity contribution in [3.05, 3.63) is 105 Å². The van der Waals surface area contributed by atoms with Crippen molar-refractivity contribution in [1.82, 2.24) is 10.2 Å². The summed E-state index contributed by atoms with van der Waals surface area (Å²) in [5.41, 5.74) is 3.35. The fraction of sp³-hybridized carbons (Fsp3) is 0.296. The lowest BCUT2D eigenvalue weighted by Gasteiger charge is -2.49. The summed E-state index contributed by atoms with van der Waals surface area (Å²) in [4.78, 5) is 28.8. The summed E-state index contributed by atoms with van der Waals surface area (Å²) in [6.07, 6.45) is 0.373. The van der Waals surface area contributed by atoms with Gasteiger partial charge in [-0.25, -0.2) is 8.78 Å². The molecule has 2 atom stereocenters. The largest absolute Gasteiger partial charge is 0.365 e. The molecule has 1 N–H and O–H groups in total. The first kappa shape index (κ1) is 23.9. The van der Waals surface area contributed by atoms with E-state index in [0.29, 0.717) is 31.6 Å². The normalized spacial score (nSPS) is 19.3. The zero-order valence-electron chi connectivity index (χ0n) is 19.6. The summed E-state index contributed by atoms with van der Waals surface area (Å²) in [5, 5.41) is 14.3. The Labute approximate surface area is 207 Å². The van der Waals surface area contributed by atoms with Gasteiger partial charge in [-0.2, -0.15) is 0 Å². The standard InChI is InChI=1S/C27H26F2N4O3/c28-21-6-4-18(5-7-21)16-31-10-11-32-25-9-8-23(33(35)36)13-20(25)14-24(26(32)17-31)27(34)30-15-19-2-1-3-22(29)12-19/h1-9,12-13,24,26H,10-11,14-17H2,(H,30,34). The molecule has 0 saturated carbocycles. The van der Waals surface area contributed by atoms with Crippen LogP contribution in [0.4, 0.5) is 20.2 Å². The van der Waals surface area contributed by atoms with Gasteiger partial charge in [-0.1, -0.05) is 24.3 Å². The number of rotatable bonds is 6. The highest BCUT2D eigenvalue weighted by Crippen LogP contribution is 2.38. The molecule has 3 aromatic carbocycles. The van der Waals surface area contributed by atoms with Crippen LogP contribution in [0.25, 0.3) is 0 Å². The molecule has 0 bridgehead atoms. The van der Waals surface area contributed by atoms with E-state index >= 15 is 0 Å². The maximum Gasteiger partial charge on any atom is 0.269 e. The van der Waals surface area contributed by atoms with Gasteiger partial charge in [-0.15, -0.1) is 0 Å². The number of nitrogens with one attached hydrogen (secondary N) is 1. The minimum atomic E-state index is -0.441. The number of non-ortho nitro benzene ring substituents is 1. The van der Waals surface area contributed by atoms with Crippen LogP contribution in [0.15, 0.2) is 66.7 Å². The average Bonchev–Trinajstić information content (AvgIpc) is 2.87. The van der Waals surface area contributed by atoms with E-state index in [2.05, 4.69) is 15.1 Å². The zero-order chi connectivity index (χ0) is 25.2. The molecular weight excluding hydrogens is 466 g/mol. The summed E-state index contributed by atoms with van der Waals surface area (Å²) < 4.78 is 26.9. The smallest absolute Gasteiger partial charge is 0.269 e. The second kappa shape index (κ2) is 10.0. The maximum atomic E-state index is 13.6. The predicted octanol–water partition coefficient (Wildman–Crippen LogP) is 4.05. The number of anilines is 1. The van der Waals surface area contributed by atoms with Crippen LogP contribution >= 0.6 is 0 Å². The summed E-state index contributed by atoms with van der Waals surface area (Å²) in [7, 11) is 0. The fourth-order valence-electron chi connectivity index (χ4n) is 5.24. The number of benzene rings is 3. The number of nitrogens with zero attached hydrogens (tertiary/aromatic N) is 3. The first-order valence-corrected chi connectivity index (χ1v) is 11.9. The van der Waals surface area contributed by atoms with Crippen molar-refractivity contribution in [1.29, 1.82) is 0 Å². The van der Waals surface area contributed by atoms with Crippen molar-refractivity contribution in [2.24, 2.45) is 5.92 Å². The number of carbonyl (C=O) groups excluding carboxylic acids is 1. The van der Waals surface area contributed by atoms with Crippen LogP contribution in [-0.4, -0.2) is 41.4 Å². The van der Waals surface area contributed by atoms with E-state index in [0.717, 1.165) is 23.4 Å². The SMILES string of the molecule is O=C(NCc1cccc(F)c1)C1Cc2cc([N+](=O)[O-])ccc2N2CCN(Cc3ccc(F)cc3)CC12. The molecule has 9 heteroatoms. The van der Waals surface area contributed by atoms with Gasteiger partial charge in [0.15, 0.2) is 0 Å². The van der Waals surface area contributed by atoms with Crippen molar-refractivity contribution in [3.63, 3.8) is 0 Å². The first-order valence-electron chi connectivity index (χ1n) is 11.9. The zero-order valence-corrected chi connectivity index (χ0v) is 19.6. The lowest BCUT2D eigenvalue weighted by Crippen LogP contribution is -2.60. The van der Waals surface area contributed by atoms with Crippen molar-refractivity contribution < 1.29 is 18.5 Å². The molecule has 186 valence electrons. The van der Waals surface area contributed by atoms with Crippen LogP contribution in [-0.2, 0) is 24.3 Å². The molecule has 0 radical (unpaired) electrons. The van der Waals surface area contributed by atoms with E-state index in [9.17, 15) is 23.7 Å². The van der Waals surface area contributed by atoms with Crippen LogP contribution in [0.3, 0.4) is 0 Å². The van der Waals surface area contributed by atoms with Crippen molar-refractivity contribution in [3.8, 4) is 0 Å². The van der Waals surface area contributed by atoms with Gasteiger partial charge in [-0.05, 0) is 53.4 Å². The predicted molar refractivity (Wildman–Crippen MR) is 131 cm³/mol. The van der Waals surface area contributed by atoms with Crippen LogP contribution in [0.2, 0.25) is 0 Å². The quantitative estimate of drug-likeness (QED) is 0.415. The number of nitro groups is 1. The Bertz CT molecular complexity index is 1280. The monoisotopic (exact) mass is 492 g/mol. The van der Waals surface area contributed by atoms with Crippen LogP contribution < -0.4 is 10.2 Å². The molecule has 0 spiro atoms. The highest BCUT2D eigenvalue weighted by Gasteiger charge is 2.41. The van der Waals surface area contributed by atoms with Crippen molar-refractivity contribution in [2.45, 2.75) is 25.6 Å². The number of hydrogen-bond acceptors (Lipinski definition) is 5. The molecule has 1 fully saturated rings. The van der Waals surface area contributed by atoms with Crippen LogP contribution in [0.1, 0.15) is 16.7 Å². The van der Waals surface area contributed by atoms with Crippen molar-refractivity contribution >= 4 is 17.3 Å². The first-order chi connectivity index (χ1) is 17.4. The minimum Gasteiger partial charge on any atom is -0.365 e. The Morgan fingerprint density at radius 1 is 1.00 bits per heavy atom. The lowest BCUT2D eigenvalue weighted by atomic mass is 9.83. The van der Waals surface area contributed by atoms with Gasteiger partial charge in [-0.3, -0.25) is 19.8 Å². The minimum absolute atomic E-state index is 0.000986. The van der Waals surface area contributed by atoms with Crippen LogP contribution in [0.5, 0.6) is 0 Å². The number of piperazine rings is 1. The van der Waals surface area contributed by atoms with Gasteiger partial charge in [0.2, 0.25) is 5.91 Å². The Morgan fingerprint density at radius 2 is 1.81 bits per heavy atom. The molecule has 0 aliphatic carbocycles. The van der Waals surface area contributed by atoms with Gasteiger partial charge in [0.1, 0.15) is 11.6 Å². The molecule has 7 nitrogen and oxygen atoms in total. The number of nitro benzene ring substituents is 1. The Morgan fingerprint density at radius 3 is 2.56 bits per heavy atom. The molecule has 2 aliphatic heterocycles. The molecule has 2 aliphatic rings. The second-order valence-electron chi connectivity index (χ2n) is 9.35. The topological polar surface area (TPSA) is 78.7 Å². The number of carbonyl (C=O) groups is 1. The Balaban J connectivity index is 1.39. The molecule has 5 rings (SSSR count). The van der Waals surface area contributed by atoms with Gasteiger partial charge < -0.3 is 10.2 Å². The van der Waals surface area contributed by atoms with Gasteiger partial charge in [0.05, 0.1) is 16.9 Å². The number of fused-ring (bicyclic) bond motifs is 3. The molecule has 1 amide bonds. The molecular formula is C27H26F2N4O3. The van der Waals surface area contributed by atoms with E-state index in [1.165, 1.54) is 30.3 Å². The molecule has 36 heavy (non-hydrogen) atoms. The van der Waals surface area contributed by atoms with Gasteiger partial charge in [0.25, 0.3) is 5.69 Å². The van der Waals surface area contributed by atoms with Crippen molar-refractivity contribution in [2.75, 3.05) is 24.5 Å². The maximum absolute atomic E-state index is 13.6. The van der Waals surface area contributed by atoms with E-state index in [-0.39, 0.29) is 35.8 Å². The number of amides is 1. The van der Waals surface area contributed by atoms with E-state index in [4.69, 9.17) is 0 Å². The number of halogens is 2. The van der Waals surface area contributed by atoms with E-state index in [1.54, 1.807) is 36.4 Å². The molecule has 2 unspecified atom stereocenters. The molecule has 2 heterocycles. The Kier molecular flexibility index (Phi) is 6.65. The second-order valence-corrected chi connectivity index (χ2v) is 9.35. The molecule has 3 aromatic rings. The summed E-state index contributed by atoms with van der Waals surface area (Å²) in [6.45, 7) is 2.84. The van der Waals surface area contributed by atoms with Gasteiger partial charge >= 0.3 is 0 Å². The molecule has 1 saturated heterocycles. The third-order valence-corrected chi connectivity index (χ3v) is 7.00. The highest BCUT2D eigenvalue weighted by molar-refractivity contribution is 5.82. The average molecular weight is 493 g/mol. The summed E-state index contributed by atoms with van der Waals surface area (Å²) in [6, 6.07) is 17.2. The highest BCUT2D eigenvalue weighted by atomic mass is 19.1. The molecule has 0 aromatic heterocycles. The third-order valence-electron chi connectivity index (χ3n) is 7.00. The third kappa shape index (κ3) is 5.06. The summed E-state index contributed by atoms with van der Waals surface area (Å²) >= 11 is 0. The Hall–Kier alpha value is -3.85. The van der Waals surface area contributed by atoms with E-state index < -0.39 is 10.8 Å². The van der Waals surface area contributed by atoms with Gasteiger partial charge in [0, 0.05) is 50.5 Å². The lowest BCUT2D eigenvalue weighted by molar-refractivity contribution is -0.384. The number of hydrogen-bond donors (Lipinski definition) is 1. The fourth-order valence-corrected chi connectivity index (χ4v) is 5.24. The summed E-state index contributed by atoms with van der Waals surface area (Å²) in [5.74, 6) is -1.26. The van der Waals surface area contributed by atoms with Crippen LogP contribution in [0, 0.1) is 27.7 Å². The van der Waals surface area contributed by atoms with E-state index in [1.807, 2.05) is 0 Å².